The topological polar surface area (TPSA) is 48.2 Å². The fourth-order valence-electron chi connectivity index (χ4n) is 2.35. The molecule has 2 aromatic rings. The second-order valence-electron chi connectivity index (χ2n) is 4.58. The van der Waals surface area contributed by atoms with Crippen molar-refractivity contribution in [2.24, 2.45) is 0 Å². The van der Waals surface area contributed by atoms with E-state index in [4.69, 9.17) is 9.15 Å². The van der Waals surface area contributed by atoms with E-state index in [2.05, 4.69) is 21.6 Å². The zero-order valence-electron chi connectivity index (χ0n) is 10.7. The standard InChI is InChI=1S/C13H16N2O2S2/c1-16-10-5-2-6-11(10)19-13-15-14-12(17-13)8-9-4-3-7-18-9/h3-4,7,10-11H,2,5-6,8H2,1H3/t10-,11+/m1/s1. The summed E-state index contributed by atoms with van der Waals surface area (Å²) in [6, 6.07) is 4.12. The predicted molar refractivity (Wildman–Crippen MR) is 75.7 cm³/mol. The van der Waals surface area contributed by atoms with Gasteiger partial charge in [-0.2, -0.15) is 0 Å². The van der Waals surface area contributed by atoms with Crippen LogP contribution < -0.4 is 0 Å². The zero-order valence-corrected chi connectivity index (χ0v) is 12.4. The quantitative estimate of drug-likeness (QED) is 0.846. The molecule has 6 heteroatoms. The molecule has 4 nitrogen and oxygen atoms in total. The number of aromatic nitrogens is 2. The van der Waals surface area contributed by atoms with Gasteiger partial charge in [0, 0.05) is 17.2 Å². The van der Waals surface area contributed by atoms with Gasteiger partial charge in [-0.25, -0.2) is 0 Å². The highest BCUT2D eigenvalue weighted by Gasteiger charge is 2.29. The van der Waals surface area contributed by atoms with Crippen LogP contribution in [-0.2, 0) is 11.2 Å². The number of hydrogen-bond acceptors (Lipinski definition) is 6. The lowest BCUT2D eigenvalue weighted by molar-refractivity contribution is 0.113. The van der Waals surface area contributed by atoms with Crippen LogP contribution in [-0.4, -0.2) is 28.7 Å². The molecule has 0 aromatic carbocycles. The molecule has 0 radical (unpaired) electrons. The van der Waals surface area contributed by atoms with Crippen molar-refractivity contribution >= 4 is 23.1 Å². The fraction of sp³-hybridized carbons (Fsp3) is 0.538. The Balaban J connectivity index is 1.61. The van der Waals surface area contributed by atoms with Crippen molar-refractivity contribution in [2.75, 3.05) is 7.11 Å². The Kier molecular flexibility index (Phi) is 4.20. The second kappa shape index (κ2) is 6.07. The molecule has 3 rings (SSSR count). The lowest BCUT2D eigenvalue weighted by atomic mass is 10.3. The Morgan fingerprint density at radius 1 is 1.47 bits per heavy atom. The van der Waals surface area contributed by atoms with Crippen molar-refractivity contribution in [3.63, 3.8) is 0 Å². The predicted octanol–water partition coefficient (Wildman–Crippen LogP) is 3.38. The first-order valence-corrected chi connectivity index (χ1v) is 8.15. The maximum Gasteiger partial charge on any atom is 0.276 e. The molecule has 0 amide bonds. The third kappa shape index (κ3) is 3.19. The summed E-state index contributed by atoms with van der Waals surface area (Å²) in [5.41, 5.74) is 0. The van der Waals surface area contributed by atoms with E-state index >= 15 is 0 Å². The molecule has 0 bridgehead atoms. The van der Waals surface area contributed by atoms with Gasteiger partial charge in [0.05, 0.1) is 12.5 Å². The summed E-state index contributed by atoms with van der Waals surface area (Å²) >= 11 is 3.36. The largest absolute Gasteiger partial charge is 0.416 e. The van der Waals surface area contributed by atoms with Crippen LogP contribution in [0.25, 0.3) is 0 Å². The van der Waals surface area contributed by atoms with Crippen LogP contribution >= 0.6 is 23.1 Å². The minimum Gasteiger partial charge on any atom is -0.416 e. The van der Waals surface area contributed by atoms with E-state index in [1.54, 1.807) is 30.2 Å². The van der Waals surface area contributed by atoms with Crippen LogP contribution in [0.3, 0.4) is 0 Å². The van der Waals surface area contributed by atoms with Crippen molar-refractivity contribution in [1.82, 2.24) is 10.2 Å². The van der Waals surface area contributed by atoms with E-state index in [0.29, 0.717) is 22.5 Å². The molecule has 0 aliphatic heterocycles. The first-order chi connectivity index (χ1) is 9.35. The minimum absolute atomic E-state index is 0.317. The van der Waals surface area contributed by atoms with Gasteiger partial charge >= 0.3 is 0 Å². The molecule has 1 aliphatic carbocycles. The highest BCUT2D eigenvalue weighted by molar-refractivity contribution is 7.99. The Morgan fingerprint density at radius 2 is 2.42 bits per heavy atom. The van der Waals surface area contributed by atoms with E-state index in [1.807, 2.05) is 6.07 Å². The normalized spacial score (nSPS) is 23.0. The second-order valence-corrected chi connectivity index (χ2v) is 6.80. The van der Waals surface area contributed by atoms with E-state index in [-0.39, 0.29) is 0 Å². The molecule has 1 aliphatic rings. The van der Waals surface area contributed by atoms with Crippen LogP contribution in [0.5, 0.6) is 0 Å². The Morgan fingerprint density at radius 3 is 3.21 bits per heavy atom. The average Bonchev–Trinajstić information content (AvgIpc) is 3.13. The molecule has 0 unspecified atom stereocenters. The summed E-state index contributed by atoms with van der Waals surface area (Å²) in [5.74, 6) is 0.692. The van der Waals surface area contributed by atoms with Crippen molar-refractivity contribution in [3.05, 3.63) is 28.3 Å². The summed E-state index contributed by atoms with van der Waals surface area (Å²) in [7, 11) is 1.78. The highest BCUT2D eigenvalue weighted by Crippen LogP contribution is 2.35. The Labute approximate surface area is 120 Å². The molecule has 0 N–H and O–H groups in total. The summed E-state index contributed by atoms with van der Waals surface area (Å²) in [4.78, 5) is 1.25. The van der Waals surface area contributed by atoms with Crippen molar-refractivity contribution < 1.29 is 9.15 Å². The third-order valence-electron chi connectivity index (χ3n) is 3.30. The molecular formula is C13H16N2O2S2. The number of thioether (sulfide) groups is 1. The number of ether oxygens (including phenoxy) is 1. The molecule has 1 fully saturated rings. The number of hydrogen-bond donors (Lipinski definition) is 0. The van der Waals surface area contributed by atoms with Crippen molar-refractivity contribution in [2.45, 2.75) is 42.3 Å². The van der Waals surface area contributed by atoms with Gasteiger partial charge in [0.1, 0.15) is 0 Å². The Bertz CT molecular complexity index is 512. The van der Waals surface area contributed by atoms with Gasteiger partial charge < -0.3 is 9.15 Å². The summed E-state index contributed by atoms with van der Waals surface area (Å²) in [6.07, 6.45) is 4.55. The summed E-state index contributed by atoms with van der Waals surface area (Å²) in [6.45, 7) is 0. The monoisotopic (exact) mass is 296 g/mol. The molecule has 2 heterocycles. The molecule has 19 heavy (non-hydrogen) atoms. The maximum atomic E-state index is 5.70. The number of rotatable bonds is 5. The van der Waals surface area contributed by atoms with Crippen LogP contribution in [0.4, 0.5) is 0 Å². The zero-order chi connectivity index (χ0) is 13.1. The van der Waals surface area contributed by atoms with Gasteiger partial charge in [-0.3, -0.25) is 0 Å². The van der Waals surface area contributed by atoms with Crippen LogP contribution in [0.2, 0.25) is 0 Å². The molecule has 2 aromatic heterocycles. The smallest absolute Gasteiger partial charge is 0.276 e. The maximum absolute atomic E-state index is 5.70. The summed E-state index contributed by atoms with van der Waals surface area (Å²) in [5, 5.41) is 11.4. The van der Waals surface area contributed by atoms with Crippen molar-refractivity contribution in [1.29, 1.82) is 0 Å². The van der Waals surface area contributed by atoms with Gasteiger partial charge in [0.25, 0.3) is 5.22 Å². The molecule has 1 saturated carbocycles. The van der Waals surface area contributed by atoms with Crippen LogP contribution in [0.1, 0.15) is 30.0 Å². The molecule has 2 atom stereocenters. The minimum atomic E-state index is 0.317. The number of nitrogens with zero attached hydrogens (tertiary/aromatic N) is 2. The van der Waals surface area contributed by atoms with Crippen LogP contribution in [0, 0.1) is 0 Å². The van der Waals surface area contributed by atoms with E-state index in [9.17, 15) is 0 Å². The van der Waals surface area contributed by atoms with Gasteiger partial charge in [-0.05, 0) is 30.7 Å². The third-order valence-corrected chi connectivity index (χ3v) is 5.39. The summed E-state index contributed by atoms with van der Waals surface area (Å²) < 4.78 is 11.2. The first kappa shape index (κ1) is 13.1. The molecule has 0 saturated heterocycles. The van der Waals surface area contributed by atoms with Gasteiger partial charge in [0.15, 0.2) is 0 Å². The first-order valence-electron chi connectivity index (χ1n) is 6.39. The average molecular weight is 296 g/mol. The highest BCUT2D eigenvalue weighted by atomic mass is 32.2. The van der Waals surface area contributed by atoms with Gasteiger partial charge in [0.2, 0.25) is 5.89 Å². The molecule has 102 valence electrons. The van der Waals surface area contributed by atoms with Crippen LogP contribution in [0.15, 0.2) is 27.2 Å². The Hall–Kier alpha value is -0.850. The van der Waals surface area contributed by atoms with Gasteiger partial charge in [-0.1, -0.05) is 17.8 Å². The number of methoxy groups -OCH3 is 1. The van der Waals surface area contributed by atoms with Gasteiger partial charge in [-0.15, -0.1) is 21.5 Å². The van der Waals surface area contributed by atoms with E-state index in [1.165, 1.54) is 11.3 Å². The lowest BCUT2D eigenvalue weighted by Gasteiger charge is -2.14. The SMILES string of the molecule is CO[C@@H]1CCC[C@@H]1Sc1nnc(Cc2cccs2)o1. The lowest BCUT2D eigenvalue weighted by Crippen LogP contribution is -2.18. The van der Waals surface area contributed by atoms with E-state index in [0.717, 1.165) is 19.3 Å². The fourth-order valence-corrected chi connectivity index (χ4v) is 4.22. The molecule has 0 spiro atoms. The van der Waals surface area contributed by atoms with E-state index < -0.39 is 0 Å². The number of thiophene rings is 1. The molecular weight excluding hydrogens is 280 g/mol. The van der Waals surface area contributed by atoms with Crippen molar-refractivity contribution in [3.8, 4) is 0 Å².